The van der Waals surface area contributed by atoms with Gasteiger partial charge in [-0.2, -0.15) is 4.57 Å². The van der Waals surface area contributed by atoms with Crippen LogP contribution in [0.1, 0.15) is 37.4 Å². The van der Waals surface area contributed by atoms with Gasteiger partial charge in [-0.05, 0) is 60.4 Å². The molecule has 136 valence electrons. The van der Waals surface area contributed by atoms with Crippen molar-refractivity contribution in [2.45, 2.75) is 13.8 Å². The first-order valence-corrected chi connectivity index (χ1v) is 9.17. The number of para-hydroxylation sites is 1. The van der Waals surface area contributed by atoms with Gasteiger partial charge in [0.15, 0.2) is 5.78 Å². The van der Waals surface area contributed by atoms with Crippen LogP contribution in [0.4, 0.5) is 0 Å². The number of rotatable bonds is 2. The van der Waals surface area contributed by atoms with E-state index < -0.39 is 5.97 Å². The standard InChI is InChI=1S/C24H17NO3/c1-12-10-16(21-13(2)20(12)23(21)26)14-8-9-19-17(11-14)22(24(27)28)15-6-4-5-7-18(15)25(19)3/h4-11H,1-3H3/p+1. The highest BCUT2D eigenvalue weighted by Gasteiger charge is 2.32. The lowest BCUT2D eigenvalue weighted by atomic mass is 9.75. The summed E-state index contributed by atoms with van der Waals surface area (Å²) >= 11 is 0. The Balaban J connectivity index is 1.89. The number of pyridine rings is 1. The summed E-state index contributed by atoms with van der Waals surface area (Å²) in [6.07, 6.45) is 0. The molecule has 2 aliphatic rings. The van der Waals surface area contributed by atoms with E-state index in [9.17, 15) is 14.7 Å². The number of nitrogens with zero attached hydrogens (tertiary/aromatic N) is 1. The summed E-state index contributed by atoms with van der Waals surface area (Å²) in [6, 6.07) is 15.4. The van der Waals surface area contributed by atoms with Crippen LogP contribution in [-0.2, 0) is 7.05 Å². The van der Waals surface area contributed by atoms with E-state index in [1.165, 1.54) is 0 Å². The maximum absolute atomic E-state index is 12.5. The number of aromatic nitrogens is 1. The quantitative estimate of drug-likeness (QED) is 0.372. The van der Waals surface area contributed by atoms with Gasteiger partial charge in [0.05, 0.1) is 16.3 Å². The van der Waals surface area contributed by atoms with Crippen LogP contribution in [0.3, 0.4) is 0 Å². The number of aromatic carboxylic acids is 1. The molecule has 0 amide bonds. The van der Waals surface area contributed by atoms with Gasteiger partial charge in [0.2, 0.25) is 11.0 Å². The molecule has 2 bridgehead atoms. The average molecular weight is 368 g/mol. The van der Waals surface area contributed by atoms with Crippen LogP contribution < -0.4 is 4.57 Å². The minimum atomic E-state index is -0.954. The molecule has 1 heterocycles. The lowest BCUT2D eigenvalue weighted by Gasteiger charge is -2.26. The Labute approximate surface area is 161 Å². The van der Waals surface area contributed by atoms with Gasteiger partial charge in [0.1, 0.15) is 7.05 Å². The number of carboxylic acids is 1. The fourth-order valence-corrected chi connectivity index (χ4v) is 4.59. The van der Waals surface area contributed by atoms with Crippen molar-refractivity contribution >= 4 is 33.6 Å². The molecular weight excluding hydrogens is 350 g/mol. The Bertz CT molecular complexity index is 1380. The summed E-state index contributed by atoms with van der Waals surface area (Å²) < 4.78 is 2.01. The largest absolute Gasteiger partial charge is 0.478 e. The summed E-state index contributed by atoms with van der Waals surface area (Å²) in [7, 11) is 1.94. The molecule has 0 saturated heterocycles. The predicted molar refractivity (Wildman–Crippen MR) is 108 cm³/mol. The zero-order valence-corrected chi connectivity index (χ0v) is 15.8. The average Bonchev–Trinajstić information content (AvgIpc) is 2.67. The van der Waals surface area contributed by atoms with Gasteiger partial charge < -0.3 is 5.11 Å². The smallest absolute Gasteiger partial charge is 0.337 e. The van der Waals surface area contributed by atoms with Crippen LogP contribution in [0.25, 0.3) is 32.9 Å². The Morgan fingerprint density at radius 2 is 1.64 bits per heavy atom. The summed E-state index contributed by atoms with van der Waals surface area (Å²) in [6.45, 7) is 3.92. The summed E-state index contributed by atoms with van der Waals surface area (Å²) in [5.41, 5.74) is 7.32. The molecule has 0 saturated carbocycles. The molecule has 2 aliphatic carbocycles. The van der Waals surface area contributed by atoms with Crippen molar-refractivity contribution in [3.05, 3.63) is 76.3 Å². The molecule has 4 aromatic rings. The monoisotopic (exact) mass is 368 g/mol. The van der Waals surface area contributed by atoms with Gasteiger partial charge in [-0.25, -0.2) is 4.79 Å². The number of carbonyl (C=O) groups excluding carboxylic acids is 1. The number of hydrogen-bond donors (Lipinski definition) is 1. The highest BCUT2D eigenvalue weighted by Crippen LogP contribution is 2.41. The number of carboxylic acid groups (broad SMARTS) is 1. The predicted octanol–water partition coefficient (Wildman–Crippen LogP) is 4.34. The molecule has 4 nitrogen and oxygen atoms in total. The summed E-state index contributed by atoms with van der Waals surface area (Å²) in [5, 5.41) is 11.3. The lowest BCUT2D eigenvalue weighted by Crippen LogP contribution is -2.31. The maximum Gasteiger partial charge on any atom is 0.337 e. The highest BCUT2D eigenvalue weighted by atomic mass is 16.4. The van der Waals surface area contributed by atoms with Gasteiger partial charge in [-0.3, -0.25) is 4.79 Å². The molecule has 4 heteroatoms. The molecule has 1 N–H and O–H groups in total. The second-order valence-electron chi connectivity index (χ2n) is 7.43. The van der Waals surface area contributed by atoms with Crippen molar-refractivity contribution in [3.8, 4) is 11.1 Å². The van der Waals surface area contributed by atoms with Crippen LogP contribution in [-0.4, -0.2) is 16.9 Å². The van der Waals surface area contributed by atoms with Crippen LogP contribution in [0.5, 0.6) is 0 Å². The zero-order chi connectivity index (χ0) is 19.7. The topological polar surface area (TPSA) is 58.2 Å². The van der Waals surface area contributed by atoms with Crippen molar-refractivity contribution in [2.75, 3.05) is 0 Å². The third-order valence-electron chi connectivity index (χ3n) is 5.92. The molecule has 0 atom stereocenters. The highest BCUT2D eigenvalue weighted by molar-refractivity contribution is 6.24. The first-order valence-electron chi connectivity index (χ1n) is 9.17. The Hall–Kier alpha value is -3.53. The Kier molecular flexibility index (Phi) is 3.26. The SMILES string of the molecule is Cc1cc(-c2ccc3c(c2)c(C(=O)O)c2ccccc2[n+]3C)c2c(C)c1C2=O. The van der Waals surface area contributed by atoms with E-state index in [2.05, 4.69) is 0 Å². The number of fused-ring (bicyclic) bond motifs is 4. The molecule has 0 radical (unpaired) electrons. The molecule has 0 aliphatic heterocycles. The third-order valence-corrected chi connectivity index (χ3v) is 5.92. The Morgan fingerprint density at radius 3 is 2.32 bits per heavy atom. The molecule has 28 heavy (non-hydrogen) atoms. The van der Waals surface area contributed by atoms with Gasteiger partial charge >= 0.3 is 5.97 Å². The minimum absolute atomic E-state index is 0.0927. The van der Waals surface area contributed by atoms with E-state index >= 15 is 0 Å². The van der Waals surface area contributed by atoms with E-state index in [4.69, 9.17) is 0 Å². The van der Waals surface area contributed by atoms with E-state index in [-0.39, 0.29) is 5.78 Å². The first-order chi connectivity index (χ1) is 13.4. The molecule has 0 fully saturated rings. The van der Waals surface area contributed by atoms with Crippen LogP contribution in [0.2, 0.25) is 0 Å². The summed E-state index contributed by atoms with van der Waals surface area (Å²) in [4.78, 5) is 24.6. The molecule has 1 aromatic heterocycles. The van der Waals surface area contributed by atoms with Crippen LogP contribution in [0.15, 0.2) is 48.5 Å². The van der Waals surface area contributed by atoms with Crippen LogP contribution in [0, 0.1) is 13.8 Å². The number of ketones is 1. The van der Waals surface area contributed by atoms with Gasteiger partial charge in [-0.15, -0.1) is 0 Å². The van der Waals surface area contributed by atoms with Crippen molar-refractivity contribution in [2.24, 2.45) is 7.05 Å². The number of carbonyl (C=O) groups is 2. The van der Waals surface area contributed by atoms with E-state index in [1.807, 2.05) is 74.0 Å². The Morgan fingerprint density at radius 1 is 0.929 bits per heavy atom. The number of aryl methyl sites for hydroxylation is 3. The number of benzene rings is 3. The van der Waals surface area contributed by atoms with Crippen molar-refractivity contribution < 1.29 is 19.3 Å². The van der Waals surface area contributed by atoms with E-state index in [0.717, 1.165) is 44.4 Å². The third kappa shape index (κ3) is 1.97. The molecule has 3 aromatic carbocycles. The van der Waals surface area contributed by atoms with Crippen molar-refractivity contribution in [3.63, 3.8) is 0 Å². The molecule has 0 spiro atoms. The lowest BCUT2D eigenvalue weighted by molar-refractivity contribution is -0.617. The minimum Gasteiger partial charge on any atom is -0.478 e. The normalized spacial score (nSPS) is 12.5. The van der Waals surface area contributed by atoms with Gasteiger partial charge in [0.25, 0.3) is 0 Å². The van der Waals surface area contributed by atoms with Crippen LogP contribution >= 0.6 is 0 Å². The first kappa shape index (κ1) is 16.6. The van der Waals surface area contributed by atoms with Gasteiger partial charge in [0, 0.05) is 23.3 Å². The second-order valence-corrected chi connectivity index (χ2v) is 7.43. The fraction of sp³-hybridized carbons (Fsp3) is 0.125. The van der Waals surface area contributed by atoms with E-state index in [1.54, 1.807) is 0 Å². The molecular formula is C24H18NO3+. The second kappa shape index (κ2) is 5.49. The van der Waals surface area contributed by atoms with Gasteiger partial charge in [-0.1, -0.05) is 12.1 Å². The van der Waals surface area contributed by atoms with Crippen molar-refractivity contribution in [1.82, 2.24) is 0 Å². The molecule has 0 unspecified atom stereocenters. The molecule has 6 rings (SSSR count). The van der Waals surface area contributed by atoms with E-state index in [0.29, 0.717) is 16.3 Å². The van der Waals surface area contributed by atoms with Crippen molar-refractivity contribution in [1.29, 1.82) is 0 Å². The summed E-state index contributed by atoms with van der Waals surface area (Å²) in [5.74, 6) is -0.861. The maximum atomic E-state index is 12.5. The number of hydrogen-bond acceptors (Lipinski definition) is 2. The zero-order valence-electron chi connectivity index (χ0n) is 15.8. The fourth-order valence-electron chi connectivity index (χ4n) is 4.59.